The average Bonchev–Trinajstić information content (AvgIpc) is 2.89. The standard InChI is InChI=1S/C26H26N4O5/c1-19(25(31)29-16-14-28(15-17-29)22-10-6-3-7-11-22)35-26(32)20-12-13-23(24(18-20)30(33)34)27-21-8-4-2-5-9-21/h2-13,18-19,27H,14-17H2,1H3. The van der Waals surface area contributed by atoms with Gasteiger partial charge in [0.05, 0.1) is 10.5 Å². The molecule has 0 radical (unpaired) electrons. The summed E-state index contributed by atoms with van der Waals surface area (Å²) in [6, 6.07) is 23.0. The predicted molar refractivity (Wildman–Crippen MR) is 133 cm³/mol. The van der Waals surface area contributed by atoms with E-state index in [1.165, 1.54) is 19.1 Å². The highest BCUT2D eigenvalue weighted by Gasteiger charge is 2.28. The maximum absolute atomic E-state index is 12.9. The lowest BCUT2D eigenvalue weighted by molar-refractivity contribution is -0.383. The summed E-state index contributed by atoms with van der Waals surface area (Å²) in [7, 11) is 0. The monoisotopic (exact) mass is 474 g/mol. The van der Waals surface area contributed by atoms with E-state index < -0.39 is 17.0 Å². The molecule has 0 bridgehead atoms. The van der Waals surface area contributed by atoms with Crippen molar-refractivity contribution in [1.82, 2.24) is 4.90 Å². The Labute approximate surface area is 203 Å². The van der Waals surface area contributed by atoms with Crippen molar-refractivity contribution < 1.29 is 19.2 Å². The molecule has 3 aromatic rings. The van der Waals surface area contributed by atoms with Gasteiger partial charge in [0.15, 0.2) is 6.10 Å². The predicted octanol–water partition coefficient (Wildman–Crippen LogP) is 4.23. The summed E-state index contributed by atoms with van der Waals surface area (Å²) in [6.45, 7) is 3.91. The summed E-state index contributed by atoms with van der Waals surface area (Å²) in [5.41, 5.74) is 1.77. The number of nitrogens with zero attached hydrogens (tertiary/aromatic N) is 3. The van der Waals surface area contributed by atoms with Gasteiger partial charge in [-0.3, -0.25) is 14.9 Å². The van der Waals surface area contributed by atoms with Crippen molar-refractivity contribution >= 4 is 34.6 Å². The fraction of sp³-hybridized carbons (Fsp3) is 0.231. The maximum atomic E-state index is 12.9. The van der Waals surface area contributed by atoms with Crippen LogP contribution in [0.3, 0.4) is 0 Å². The number of nitro groups is 1. The number of rotatable bonds is 7. The fourth-order valence-corrected chi connectivity index (χ4v) is 3.95. The van der Waals surface area contributed by atoms with Gasteiger partial charge in [-0.2, -0.15) is 0 Å². The Morgan fingerprint density at radius 2 is 1.57 bits per heavy atom. The average molecular weight is 475 g/mol. The minimum Gasteiger partial charge on any atom is -0.449 e. The Morgan fingerprint density at radius 1 is 0.943 bits per heavy atom. The zero-order valence-corrected chi connectivity index (χ0v) is 19.3. The number of para-hydroxylation sites is 2. The molecule has 180 valence electrons. The number of ether oxygens (including phenoxy) is 1. The molecule has 9 nitrogen and oxygen atoms in total. The van der Waals surface area contributed by atoms with Crippen molar-refractivity contribution in [2.75, 3.05) is 36.4 Å². The van der Waals surface area contributed by atoms with Crippen LogP contribution in [0.15, 0.2) is 78.9 Å². The largest absolute Gasteiger partial charge is 0.449 e. The lowest BCUT2D eigenvalue weighted by Gasteiger charge is -2.37. The van der Waals surface area contributed by atoms with Crippen LogP contribution in [0, 0.1) is 10.1 Å². The van der Waals surface area contributed by atoms with Crippen LogP contribution >= 0.6 is 0 Å². The van der Waals surface area contributed by atoms with Gasteiger partial charge in [-0.1, -0.05) is 36.4 Å². The smallest absolute Gasteiger partial charge is 0.339 e. The molecule has 4 rings (SSSR count). The molecule has 1 amide bonds. The van der Waals surface area contributed by atoms with Gasteiger partial charge in [-0.15, -0.1) is 0 Å². The lowest BCUT2D eigenvalue weighted by atomic mass is 10.1. The number of amides is 1. The number of carbonyl (C=O) groups is 2. The van der Waals surface area contributed by atoms with E-state index in [2.05, 4.69) is 10.2 Å². The number of nitrogens with one attached hydrogen (secondary N) is 1. The van der Waals surface area contributed by atoms with Gasteiger partial charge >= 0.3 is 5.97 Å². The van der Waals surface area contributed by atoms with Crippen molar-refractivity contribution in [3.8, 4) is 0 Å². The Balaban J connectivity index is 1.37. The molecule has 3 aromatic carbocycles. The third-order valence-electron chi connectivity index (χ3n) is 5.83. The molecule has 0 spiro atoms. The Kier molecular flexibility index (Phi) is 7.25. The first-order valence-corrected chi connectivity index (χ1v) is 11.3. The highest BCUT2D eigenvalue weighted by molar-refractivity contribution is 5.94. The summed E-state index contributed by atoms with van der Waals surface area (Å²) >= 11 is 0. The second-order valence-corrected chi connectivity index (χ2v) is 8.18. The summed E-state index contributed by atoms with van der Waals surface area (Å²) < 4.78 is 5.37. The molecule has 1 N–H and O–H groups in total. The van der Waals surface area contributed by atoms with Crippen molar-refractivity contribution in [1.29, 1.82) is 0 Å². The number of esters is 1. The van der Waals surface area contributed by atoms with Crippen LogP contribution in [-0.4, -0.2) is 54.0 Å². The van der Waals surface area contributed by atoms with Crippen LogP contribution in [0.2, 0.25) is 0 Å². The first-order valence-electron chi connectivity index (χ1n) is 11.3. The quantitative estimate of drug-likeness (QED) is 0.310. The van der Waals surface area contributed by atoms with Crippen molar-refractivity contribution in [2.45, 2.75) is 13.0 Å². The molecule has 0 saturated carbocycles. The van der Waals surface area contributed by atoms with E-state index in [1.807, 2.05) is 36.4 Å². The van der Waals surface area contributed by atoms with E-state index >= 15 is 0 Å². The van der Waals surface area contributed by atoms with Gasteiger partial charge in [0.25, 0.3) is 11.6 Å². The van der Waals surface area contributed by atoms with E-state index in [9.17, 15) is 19.7 Å². The molecule has 1 atom stereocenters. The number of benzene rings is 3. The van der Waals surface area contributed by atoms with E-state index in [-0.39, 0.29) is 22.8 Å². The second-order valence-electron chi connectivity index (χ2n) is 8.18. The van der Waals surface area contributed by atoms with Gasteiger partial charge in [0.1, 0.15) is 5.69 Å². The molecule has 0 aliphatic carbocycles. The zero-order valence-electron chi connectivity index (χ0n) is 19.3. The van der Waals surface area contributed by atoms with Crippen LogP contribution < -0.4 is 10.2 Å². The summed E-state index contributed by atoms with van der Waals surface area (Å²) in [5.74, 6) is -1.08. The summed E-state index contributed by atoms with van der Waals surface area (Å²) in [6.07, 6.45) is -1.01. The van der Waals surface area contributed by atoms with E-state index in [0.717, 1.165) is 11.8 Å². The Hall–Kier alpha value is -4.40. The Bertz CT molecular complexity index is 1190. The summed E-state index contributed by atoms with van der Waals surface area (Å²) in [4.78, 5) is 40.4. The highest BCUT2D eigenvalue weighted by Crippen LogP contribution is 2.29. The number of piperazine rings is 1. The molecule has 9 heteroatoms. The lowest BCUT2D eigenvalue weighted by Crippen LogP contribution is -2.51. The van der Waals surface area contributed by atoms with Crippen LogP contribution in [0.5, 0.6) is 0 Å². The van der Waals surface area contributed by atoms with E-state index in [0.29, 0.717) is 31.9 Å². The number of carbonyl (C=O) groups excluding carboxylic acids is 2. The number of hydrogen-bond donors (Lipinski definition) is 1. The molecular weight excluding hydrogens is 448 g/mol. The fourth-order valence-electron chi connectivity index (χ4n) is 3.95. The third kappa shape index (κ3) is 5.75. The van der Waals surface area contributed by atoms with E-state index in [4.69, 9.17) is 4.74 Å². The van der Waals surface area contributed by atoms with Gasteiger partial charge in [0.2, 0.25) is 0 Å². The van der Waals surface area contributed by atoms with Crippen molar-refractivity contribution in [3.63, 3.8) is 0 Å². The van der Waals surface area contributed by atoms with Crippen molar-refractivity contribution in [2.24, 2.45) is 0 Å². The molecule has 0 aromatic heterocycles. The molecule has 1 heterocycles. The van der Waals surface area contributed by atoms with Gasteiger partial charge in [0, 0.05) is 43.6 Å². The van der Waals surface area contributed by atoms with Crippen LogP contribution in [0.1, 0.15) is 17.3 Å². The molecule has 1 aliphatic rings. The van der Waals surface area contributed by atoms with Gasteiger partial charge in [-0.05, 0) is 43.3 Å². The third-order valence-corrected chi connectivity index (χ3v) is 5.83. The molecule has 1 saturated heterocycles. The normalized spacial score (nSPS) is 14.2. The van der Waals surface area contributed by atoms with Crippen LogP contribution in [-0.2, 0) is 9.53 Å². The van der Waals surface area contributed by atoms with Gasteiger partial charge in [-0.25, -0.2) is 4.79 Å². The zero-order chi connectivity index (χ0) is 24.8. The minimum absolute atomic E-state index is 0.00357. The summed E-state index contributed by atoms with van der Waals surface area (Å²) in [5, 5.41) is 14.6. The Morgan fingerprint density at radius 3 is 2.20 bits per heavy atom. The SMILES string of the molecule is CC(OC(=O)c1ccc(Nc2ccccc2)c([N+](=O)[O-])c1)C(=O)N1CCN(c2ccccc2)CC1. The molecular formula is C26H26N4O5. The maximum Gasteiger partial charge on any atom is 0.339 e. The molecule has 1 aliphatic heterocycles. The van der Waals surface area contributed by atoms with Gasteiger partial charge < -0.3 is 19.9 Å². The van der Waals surface area contributed by atoms with Crippen LogP contribution in [0.25, 0.3) is 0 Å². The first kappa shape index (κ1) is 23.7. The number of anilines is 3. The van der Waals surface area contributed by atoms with E-state index in [1.54, 1.807) is 29.2 Å². The highest BCUT2D eigenvalue weighted by atomic mass is 16.6. The number of nitro benzene ring substituents is 1. The van der Waals surface area contributed by atoms with Crippen LogP contribution in [0.4, 0.5) is 22.7 Å². The van der Waals surface area contributed by atoms with Crippen molar-refractivity contribution in [3.05, 3.63) is 94.5 Å². The molecule has 1 fully saturated rings. The first-order chi connectivity index (χ1) is 16.9. The molecule has 1 unspecified atom stereocenters. The minimum atomic E-state index is -1.01. The second kappa shape index (κ2) is 10.7. The topological polar surface area (TPSA) is 105 Å². The molecule has 35 heavy (non-hydrogen) atoms. The number of hydrogen-bond acceptors (Lipinski definition) is 7.